The Balaban J connectivity index is 1.47. The summed E-state index contributed by atoms with van der Waals surface area (Å²) in [6, 6.07) is 10.1. The van der Waals surface area contributed by atoms with E-state index in [1.165, 1.54) is 5.56 Å². The molecule has 0 radical (unpaired) electrons. The van der Waals surface area contributed by atoms with Crippen molar-refractivity contribution in [3.8, 4) is 11.3 Å². The number of nitrogens with two attached hydrogens (primary N) is 1. The van der Waals surface area contributed by atoms with E-state index in [1.807, 2.05) is 25.1 Å². The maximum Gasteiger partial charge on any atom is 0.271 e. The second kappa shape index (κ2) is 11.8. The second-order valence-electron chi connectivity index (χ2n) is 9.85. The molecule has 2 fully saturated rings. The van der Waals surface area contributed by atoms with E-state index in [9.17, 15) is 4.79 Å². The number of nitrogens with one attached hydrogen (secondary N) is 2. The minimum atomic E-state index is -0.648. The van der Waals surface area contributed by atoms with Gasteiger partial charge in [0.15, 0.2) is 17.3 Å². The van der Waals surface area contributed by atoms with Crippen molar-refractivity contribution in [3.05, 3.63) is 59.0 Å². The lowest BCUT2D eigenvalue weighted by Crippen LogP contribution is -2.35. The Bertz CT molecular complexity index is 1290. The van der Waals surface area contributed by atoms with Gasteiger partial charge in [0.25, 0.3) is 5.91 Å². The number of hydrogen-bond acceptors (Lipinski definition) is 9. The highest BCUT2D eigenvalue weighted by Gasteiger charge is 2.23. The monoisotopic (exact) mass is 517 g/mol. The summed E-state index contributed by atoms with van der Waals surface area (Å²) in [7, 11) is 0. The summed E-state index contributed by atoms with van der Waals surface area (Å²) in [6.07, 6.45) is 3.45. The van der Waals surface area contributed by atoms with Gasteiger partial charge in [0.1, 0.15) is 5.69 Å². The van der Waals surface area contributed by atoms with Crippen LogP contribution >= 0.6 is 0 Å². The number of pyridine rings is 1. The number of ether oxygens (including phenoxy) is 2. The van der Waals surface area contributed by atoms with Crippen LogP contribution in [0.2, 0.25) is 0 Å². The molecule has 200 valence electrons. The Kier molecular flexibility index (Phi) is 8.11. The van der Waals surface area contributed by atoms with E-state index < -0.39 is 5.91 Å². The zero-order valence-corrected chi connectivity index (χ0v) is 22.0. The van der Waals surface area contributed by atoms with Crippen molar-refractivity contribution in [2.24, 2.45) is 5.73 Å². The van der Waals surface area contributed by atoms with Crippen molar-refractivity contribution in [1.82, 2.24) is 19.9 Å². The number of benzene rings is 1. The number of aryl methyl sites for hydroxylation is 2. The van der Waals surface area contributed by atoms with E-state index in [-0.39, 0.29) is 11.7 Å². The van der Waals surface area contributed by atoms with E-state index in [4.69, 9.17) is 25.2 Å². The molecule has 1 aromatic carbocycles. The average Bonchev–Trinajstić information content (AvgIpc) is 2.91. The van der Waals surface area contributed by atoms with Crippen molar-refractivity contribution in [2.45, 2.75) is 39.3 Å². The van der Waals surface area contributed by atoms with E-state index >= 15 is 0 Å². The molecule has 4 N–H and O–H groups in total. The average molecular weight is 518 g/mol. The fourth-order valence-corrected chi connectivity index (χ4v) is 4.81. The molecule has 3 aromatic rings. The molecular formula is C28H35N7O3. The van der Waals surface area contributed by atoms with Crippen LogP contribution in [0.15, 0.2) is 36.5 Å². The topological polar surface area (TPSA) is 128 Å². The third kappa shape index (κ3) is 6.27. The molecule has 38 heavy (non-hydrogen) atoms. The van der Waals surface area contributed by atoms with Crippen LogP contribution in [0.1, 0.15) is 40.2 Å². The van der Waals surface area contributed by atoms with Crippen molar-refractivity contribution in [2.75, 3.05) is 50.2 Å². The molecule has 0 saturated carbocycles. The number of anilines is 3. The van der Waals surface area contributed by atoms with Crippen LogP contribution in [0.5, 0.6) is 0 Å². The predicted octanol–water partition coefficient (Wildman–Crippen LogP) is 3.42. The molecule has 10 nitrogen and oxygen atoms in total. The van der Waals surface area contributed by atoms with Gasteiger partial charge in [-0.3, -0.25) is 14.7 Å². The smallest absolute Gasteiger partial charge is 0.271 e. The molecule has 0 aliphatic carbocycles. The van der Waals surface area contributed by atoms with Gasteiger partial charge in [-0.2, -0.15) is 0 Å². The molecule has 0 atom stereocenters. The second-order valence-corrected chi connectivity index (χ2v) is 9.85. The standard InChI is InChI=1S/C28H35N7O3/c1-18-15-23(4-3-21(18)17-35-9-13-38-14-10-35)32-28-25(26(29)36)33-24(20-5-8-30-19(2)16-20)27(34-28)31-22-6-11-37-12-7-22/h3-5,8,15-16,22H,6-7,9-14,17H2,1-2H3,(H2,29,36)(H2,31,32,34). The minimum absolute atomic E-state index is 0.0852. The molecule has 0 unspecified atom stereocenters. The number of carbonyl (C=O) groups excluding carboxylic acids is 1. The normalized spacial score (nSPS) is 16.8. The van der Waals surface area contributed by atoms with Crippen LogP contribution in [0.3, 0.4) is 0 Å². The highest BCUT2D eigenvalue weighted by atomic mass is 16.5. The van der Waals surface area contributed by atoms with Crippen LogP contribution in [-0.4, -0.2) is 71.3 Å². The predicted molar refractivity (Wildman–Crippen MR) is 147 cm³/mol. The van der Waals surface area contributed by atoms with Gasteiger partial charge in [0, 0.05) is 62.0 Å². The number of rotatable bonds is 8. The van der Waals surface area contributed by atoms with Crippen molar-refractivity contribution in [1.29, 1.82) is 0 Å². The summed E-state index contributed by atoms with van der Waals surface area (Å²) in [5, 5.41) is 6.85. The SMILES string of the molecule is Cc1cc(-c2nc(C(N)=O)c(Nc3ccc(CN4CCOCC4)c(C)c3)nc2NC2CCOCC2)ccn1. The van der Waals surface area contributed by atoms with Crippen LogP contribution in [0.25, 0.3) is 11.3 Å². The van der Waals surface area contributed by atoms with E-state index in [1.54, 1.807) is 6.20 Å². The Hall–Kier alpha value is -3.60. The maximum absolute atomic E-state index is 12.5. The summed E-state index contributed by atoms with van der Waals surface area (Å²) in [5.74, 6) is 0.267. The first-order chi connectivity index (χ1) is 18.5. The molecule has 2 saturated heterocycles. The number of primary amides is 1. The molecule has 0 bridgehead atoms. The first-order valence-corrected chi connectivity index (χ1v) is 13.1. The van der Waals surface area contributed by atoms with Crippen LogP contribution < -0.4 is 16.4 Å². The molecule has 2 aliphatic heterocycles. The minimum Gasteiger partial charge on any atom is -0.381 e. The maximum atomic E-state index is 12.5. The summed E-state index contributed by atoms with van der Waals surface area (Å²) in [4.78, 5) is 28.8. The van der Waals surface area contributed by atoms with Gasteiger partial charge >= 0.3 is 0 Å². The van der Waals surface area contributed by atoms with Gasteiger partial charge in [-0.05, 0) is 62.1 Å². The highest BCUT2D eigenvalue weighted by Crippen LogP contribution is 2.31. The lowest BCUT2D eigenvalue weighted by molar-refractivity contribution is 0.0341. The fourth-order valence-electron chi connectivity index (χ4n) is 4.81. The van der Waals surface area contributed by atoms with Crippen LogP contribution in [0, 0.1) is 13.8 Å². The Morgan fingerprint density at radius 1 is 1.03 bits per heavy atom. The van der Waals surface area contributed by atoms with E-state index in [2.05, 4.69) is 39.6 Å². The van der Waals surface area contributed by atoms with Crippen LogP contribution in [-0.2, 0) is 16.0 Å². The van der Waals surface area contributed by atoms with Crippen molar-refractivity contribution in [3.63, 3.8) is 0 Å². The van der Waals surface area contributed by atoms with Gasteiger partial charge in [-0.1, -0.05) is 6.07 Å². The number of hydrogen-bond donors (Lipinski definition) is 3. The molecule has 1 amide bonds. The first kappa shape index (κ1) is 26.0. The Morgan fingerprint density at radius 2 is 1.79 bits per heavy atom. The summed E-state index contributed by atoms with van der Waals surface area (Å²) in [5.41, 5.74) is 11.3. The van der Waals surface area contributed by atoms with Crippen molar-refractivity contribution < 1.29 is 14.3 Å². The number of morpholine rings is 1. The lowest BCUT2D eigenvalue weighted by Gasteiger charge is -2.27. The number of nitrogens with zero attached hydrogens (tertiary/aromatic N) is 4. The molecule has 10 heteroatoms. The van der Waals surface area contributed by atoms with Crippen molar-refractivity contribution >= 4 is 23.2 Å². The van der Waals surface area contributed by atoms with Gasteiger partial charge in [-0.25, -0.2) is 9.97 Å². The van der Waals surface area contributed by atoms with Gasteiger partial charge in [0.2, 0.25) is 0 Å². The first-order valence-electron chi connectivity index (χ1n) is 13.1. The Labute approximate surface area is 223 Å². The summed E-state index contributed by atoms with van der Waals surface area (Å²) >= 11 is 0. The van der Waals surface area contributed by atoms with Gasteiger partial charge < -0.3 is 25.8 Å². The van der Waals surface area contributed by atoms with Crippen LogP contribution in [0.4, 0.5) is 17.3 Å². The fraction of sp³-hybridized carbons (Fsp3) is 0.429. The number of amides is 1. The van der Waals surface area contributed by atoms with E-state index in [0.29, 0.717) is 30.5 Å². The largest absolute Gasteiger partial charge is 0.381 e. The van der Waals surface area contributed by atoms with Gasteiger partial charge in [-0.15, -0.1) is 0 Å². The number of aromatic nitrogens is 3. The lowest BCUT2D eigenvalue weighted by atomic mass is 10.1. The molecular weight excluding hydrogens is 482 g/mol. The van der Waals surface area contributed by atoms with Gasteiger partial charge in [0.05, 0.1) is 13.2 Å². The molecule has 2 aliphatic rings. The highest BCUT2D eigenvalue weighted by molar-refractivity contribution is 5.97. The quantitative estimate of drug-likeness (QED) is 0.412. The molecule has 0 spiro atoms. The Morgan fingerprint density at radius 3 is 2.50 bits per heavy atom. The molecule has 4 heterocycles. The zero-order chi connectivity index (χ0) is 26.5. The third-order valence-corrected chi connectivity index (χ3v) is 6.96. The van der Waals surface area contributed by atoms with E-state index in [0.717, 1.165) is 68.2 Å². The summed E-state index contributed by atoms with van der Waals surface area (Å²) < 4.78 is 11.0. The molecule has 5 rings (SSSR count). The molecule has 2 aromatic heterocycles. The third-order valence-electron chi connectivity index (χ3n) is 6.96. The number of carbonyl (C=O) groups is 1. The zero-order valence-electron chi connectivity index (χ0n) is 22.0. The summed E-state index contributed by atoms with van der Waals surface area (Å²) in [6.45, 7) is 9.67.